The van der Waals surface area contributed by atoms with Gasteiger partial charge in [0.2, 0.25) is 0 Å². The molecule has 2 aromatic heterocycles. The molecule has 1 fully saturated rings. The Hall–Kier alpha value is -2.97. The van der Waals surface area contributed by atoms with Crippen molar-refractivity contribution < 1.29 is 19.0 Å². The summed E-state index contributed by atoms with van der Waals surface area (Å²) in [7, 11) is 3.26. The number of benzene rings is 1. The number of carbonyl (C=O) groups is 1. The van der Waals surface area contributed by atoms with Crippen molar-refractivity contribution in [1.82, 2.24) is 14.8 Å². The van der Waals surface area contributed by atoms with Crippen LogP contribution in [0.1, 0.15) is 34.7 Å². The lowest BCUT2D eigenvalue weighted by Crippen LogP contribution is -2.15. The average Bonchev–Trinajstić information content (AvgIpc) is 3.26. The van der Waals surface area contributed by atoms with Crippen molar-refractivity contribution in [3.8, 4) is 5.75 Å². The van der Waals surface area contributed by atoms with E-state index in [9.17, 15) is 4.79 Å². The van der Waals surface area contributed by atoms with Gasteiger partial charge in [-0.05, 0) is 42.5 Å². The van der Waals surface area contributed by atoms with Gasteiger partial charge in [-0.1, -0.05) is 6.07 Å². The third kappa shape index (κ3) is 4.29. The minimum Gasteiger partial charge on any atom is -0.494 e. The molecule has 1 aromatic carbocycles. The number of nitrogens with one attached hydrogen (secondary N) is 1. The van der Waals surface area contributed by atoms with Gasteiger partial charge in [0.1, 0.15) is 17.1 Å². The standard InChI is InChI=1S/C22H26N4O4/c1-28-12-9-26-14-16(13-23-26)22(27)25-20-6-4-18-17(15-7-10-30-11-8-15)3-5-19(29-2)21(18)24-20/h3-6,13-15H,7-12H2,1-2H3,(H,24,25,27). The van der Waals surface area contributed by atoms with Gasteiger partial charge in [-0.2, -0.15) is 5.10 Å². The monoisotopic (exact) mass is 410 g/mol. The average molecular weight is 410 g/mol. The molecular formula is C22H26N4O4. The Morgan fingerprint density at radius 1 is 1.23 bits per heavy atom. The molecule has 158 valence electrons. The van der Waals surface area contributed by atoms with Gasteiger partial charge in [0, 0.05) is 31.9 Å². The smallest absolute Gasteiger partial charge is 0.260 e. The van der Waals surface area contributed by atoms with Crippen LogP contribution >= 0.6 is 0 Å². The second-order valence-corrected chi connectivity index (χ2v) is 7.28. The van der Waals surface area contributed by atoms with E-state index in [0.29, 0.717) is 36.2 Å². The summed E-state index contributed by atoms with van der Waals surface area (Å²) in [6.45, 7) is 2.67. The fourth-order valence-electron chi connectivity index (χ4n) is 3.79. The number of rotatable bonds is 7. The number of carbonyl (C=O) groups excluding carboxylic acids is 1. The second-order valence-electron chi connectivity index (χ2n) is 7.28. The minimum absolute atomic E-state index is 0.259. The van der Waals surface area contributed by atoms with Crippen LogP contribution in [0.3, 0.4) is 0 Å². The lowest BCUT2D eigenvalue weighted by Gasteiger charge is -2.24. The molecule has 1 aliphatic rings. The molecule has 1 N–H and O–H groups in total. The molecule has 4 rings (SSSR count). The number of amides is 1. The van der Waals surface area contributed by atoms with Crippen LogP contribution in [-0.4, -0.2) is 54.7 Å². The topological polar surface area (TPSA) is 87.5 Å². The third-order valence-corrected chi connectivity index (χ3v) is 5.40. The molecule has 0 unspecified atom stereocenters. The Balaban J connectivity index is 1.59. The molecule has 30 heavy (non-hydrogen) atoms. The van der Waals surface area contributed by atoms with Gasteiger partial charge < -0.3 is 19.5 Å². The molecule has 1 amide bonds. The number of fused-ring (bicyclic) bond motifs is 1. The Kier molecular flexibility index (Phi) is 6.25. The summed E-state index contributed by atoms with van der Waals surface area (Å²) in [6, 6.07) is 7.90. The van der Waals surface area contributed by atoms with Crippen LogP contribution in [-0.2, 0) is 16.0 Å². The number of hydrogen-bond donors (Lipinski definition) is 1. The molecule has 0 atom stereocenters. The van der Waals surface area contributed by atoms with Crippen LogP contribution in [0.5, 0.6) is 5.75 Å². The van der Waals surface area contributed by atoms with E-state index in [1.807, 2.05) is 18.2 Å². The fraction of sp³-hybridized carbons (Fsp3) is 0.409. The van der Waals surface area contributed by atoms with E-state index in [1.165, 1.54) is 11.8 Å². The molecule has 0 aliphatic carbocycles. The molecule has 0 spiro atoms. The Morgan fingerprint density at radius 3 is 2.83 bits per heavy atom. The Labute approximate surface area is 175 Å². The van der Waals surface area contributed by atoms with Gasteiger partial charge in [0.05, 0.1) is 32.0 Å². The molecule has 8 nitrogen and oxygen atoms in total. The van der Waals surface area contributed by atoms with Gasteiger partial charge in [-0.3, -0.25) is 9.48 Å². The summed E-state index contributed by atoms with van der Waals surface area (Å²) in [6.07, 6.45) is 5.22. The lowest BCUT2D eigenvalue weighted by atomic mass is 9.89. The van der Waals surface area contributed by atoms with Crippen LogP contribution < -0.4 is 10.1 Å². The normalized spacial score (nSPS) is 14.7. The van der Waals surface area contributed by atoms with Gasteiger partial charge in [-0.25, -0.2) is 4.98 Å². The van der Waals surface area contributed by atoms with Gasteiger partial charge >= 0.3 is 0 Å². The molecule has 3 heterocycles. The third-order valence-electron chi connectivity index (χ3n) is 5.40. The van der Waals surface area contributed by atoms with Crippen molar-refractivity contribution in [2.45, 2.75) is 25.3 Å². The van der Waals surface area contributed by atoms with Crippen molar-refractivity contribution in [1.29, 1.82) is 0 Å². The van der Waals surface area contributed by atoms with Crippen LogP contribution in [0.4, 0.5) is 5.82 Å². The second kappa shape index (κ2) is 9.23. The first-order chi connectivity index (χ1) is 14.7. The number of anilines is 1. The van der Waals surface area contributed by atoms with Crippen molar-refractivity contribution in [3.63, 3.8) is 0 Å². The number of ether oxygens (including phenoxy) is 3. The van der Waals surface area contributed by atoms with Crippen molar-refractivity contribution in [3.05, 3.63) is 47.8 Å². The predicted octanol–water partition coefficient (Wildman–Crippen LogP) is 3.23. The maximum absolute atomic E-state index is 12.6. The summed E-state index contributed by atoms with van der Waals surface area (Å²) in [5.41, 5.74) is 2.46. The van der Waals surface area contributed by atoms with Gasteiger partial charge in [-0.15, -0.1) is 0 Å². The summed E-state index contributed by atoms with van der Waals surface area (Å²) in [4.78, 5) is 17.3. The highest BCUT2D eigenvalue weighted by Gasteiger charge is 2.20. The SMILES string of the molecule is COCCn1cc(C(=O)Nc2ccc3c(C4CCOCC4)ccc(OC)c3n2)cn1. The van der Waals surface area contributed by atoms with Crippen molar-refractivity contribution in [2.75, 3.05) is 39.4 Å². The highest BCUT2D eigenvalue weighted by atomic mass is 16.5. The molecular weight excluding hydrogens is 384 g/mol. The number of hydrogen-bond acceptors (Lipinski definition) is 6. The molecule has 1 aliphatic heterocycles. The molecule has 0 radical (unpaired) electrons. The summed E-state index contributed by atoms with van der Waals surface area (Å²) in [5, 5.41) is 8.09. The largest absolute Gasteiger partial charge is 0.494 e. The van der Waals surface area contributed by atoms with Crippen molar-refractivity contribution >= 4 is 22.6 Å². The zero-order chi connectivity index (χ0) is 20.9. The van der Waals surface area contributed by atoms with E-state index in [4.69, 9.17) is 14.2 Å². The summed E-state index contributed by atoms with van der Waals surface area (Å²) >= 11 is 0. The first-order valence-corrected chi connectivity index (χ1v) is 10.1. The Morgan fingerprint density at radius 2 is 2.07 bits per heavy atom. The maximum Gasteiger partial charge on any atom is 0.260 e. The molecule has 8 heteroatoms. The van der Waals surface area contributed by atoms with Gasteiger partial charge in [0.15, 0.2) is 0 Å². The minimum atomic E-state index is -0.259. The van der Waals surface area contributed by atoms with Crippen LogP contribution in [0, 0.1) is 0 Å². The highest BCUT2D eigenvalue weighted by Crippen LogP contribution is 2.36. The summed E-state index contributed by atoms with van der Waals surface area (Å²) in [5.74, 6) is 1.33. The van der Waals surface area contributed by atoms with Crippen LogP contribution in [0.15, 0.2) is 36.7 Å². The quantitative estimate of drug-likeness (QED) is 0.643. The van der Waals surface area contributed by atoms with E-state index >= 15 is 0 Å². The van der Waals surface area contributed by atoms with Crippen LogP contribution in [0.2, 0.25) is 0 Å². The van der Waals surface area contributed by atoms with E-state index in [2.05, 4.69) is 21.5 Å². The molecule has 3 aromatic rings. The maximum atomic E-state index is 12.6. The lowest BCUT2D eigenvalue weighted by molar-refractivity contribution is 0.0856. The molecule has 0 bridgehead atoms. The molecule has 1 saturated heterocycles. The number of pyridine rings is 1. The number of methoxy groups -OCH3 is 2. The first-order valence-electron chi connectivity index (χ1n) is 10.1. The highest BCUT2D eigenvalue weighted by molar-refractivity contribution is 6.04. The zero-order valence-corrected chi connectivity index (χ0v) is 17.3. The van der Waals surface area contributed by atoms with Crippen LogP contribution in [0.25, 0.3) is 10.9 Å². The molecule has 0 saturated carbocycles. The predicted molar refractivity (Wildman–Crippen MR) is 113 cm³/mol. The van der Waals surface area contributed by atoms with Gasteiger partial charge in [0.25, 0.3) is 5.91 Å². The zero-order valence-electron chi connectivity index (χ0n) is 17.3. The number of nitrogens with zero attached hydrogens (tertiary/aromatic N) is 3. The Bertz CT molecular complexity index is 1030. The van der Waals surface area contributed by atoms with E-state index in [1.54, 1.807) is 25.1 Å². The van der Waals surface area contributed by atoms with Crippen molar-refractivity contribution in [2.24, 2.45) is 0 Å². The first kappa shape index (κ1) is 20.3. The van der Waals surface area contributed by atoms with E-state index in [-0.39, 0.29) is 5.91 Å². The fourth-order valence-corrected chi connectivity index (χ4v) is 3.79. The number of aromatic nitrogens is 3. The van der Waals surface area contributed by atoms with E-state index in [0.717, 1.165) is 37.0 Å². The van der Waals surface area contributed by atoms with E-state index < -0.39 is 0 Å². The summed E-state index contributed by atoms with van der Waals surface area (Å²) < 4.78 is 17.7.